The first-order valence-electron chi connectivity index (χ1n) is 6.09. The van der Waals surface area contributed by atoms with Gasteiger partial charge in [0.25, 0.3) is 0 Å². The number of thioether (sulfide) groups is 1. The average molecular weight is 280 g/mol. The number of hydrogen-bond acceptors (Lipinski definition) is 4. The van der Waals surface area contributed by atoms with E-state index in [1.165, 1.54) is 11.8 Å². The van der Waals surface area contributed by atoms with Crippen molar-refractivity contribution in [2.24, 2.45) is 5.41 Å². The number of aliphatic carboxylic acids is 1. The summed E-state index contributed by atoms with van der Waals surface area (Å²) < 4.78 is 0. The monoisotopic (exact) mass is 280 g/mol. The first-order chi connectivity index (χ1) is 8.85. The fourth-order valence-corrected chi connectivity index (χ4v) is 1.85. The number of hydrogen-bond donors (Lipinski definition) is 1. The van der Waals surface area contributed by atoms with Gasteiger partial charge in [-0.15, -0.1) is 11.8 Å². The number of benzene rings is 1. The second-order valence-electron chi connectivity index (χ2n) is 4.88. The predicted molar refractivity (Wildman–Crippen MR) is 74.9 cm³/mol. The summed E-state index contributed by atoms with van der Waals surface area (Å²) in [6.07, 6.45) is 0.762. The van der Waals surface area contributed by atoms with Gasteiger partial charge in [-0.2, -0.15) is 0 Å². The molecule has 0 heterocycles. The third kappa shape index (κ3) is 4.95. The Morgan fingerprint density at radius 1 is 1.26 bits per heavy atom. The minimum Gasteiger partial charge on any atom is -0.549 e. The molecule has 0 atom stereocenters. The fourth-order valence-electron chi connectivity index (χ4n) is 1.24. The Balaban J connectivity index is 2.62. The highest BCUT2D eigenvalue weighted by Crippen LogP contribution is 2.24. The number of amides is 1. The van der Waals surface area contributed by atoms with E-state index in [2.05, 4.69) is 5.32 Å². The Morgan fingerprint density at radius 2 is 1.84 bits per heavy atom. The number of anilines is 1. The lowest BCUT2D eigenvalue weighted by Gasteiger charge is -2.21. The molecule has 5 heteroatoms. The second kappa shape index (κ2) is 6.61. The summed E-state index contributed by atoms with van der Waals surface area (Å²) in [4.78, 5) is 23.1. The van der Waals surface area contributed by atoms with Crippen molar-refractivity contribution in [2.75, 3.05) is 11.1 Å². The van der Waals surface area contributed by atoms with E-state index >= 15 is 0 Å². The molecule has 1 amide bonds. The topological polar surface area (TPSA) is 69.2 Å². The summed E-state index contributed by atoms with van der Waals surface area (Å²) in [5, 5.41) is 13.2. The molecular formula is C14H18NO3S-. The van der Waals surface area contributed by atoms with Crippen LogP contribution in [0.4, 0.5) is 5.69 Å². The van der Waals surface area contributed by atoms with Crippen LogP contribution in [0.25, 0.3) is 0 Å². The molecule has 1 aromatic rings. The van der Waals surface area contributed by atoms with E-state index in [4.69, 9.17) is 0 Å². The molecule has 0 unspecified atom stereocenters. The van der Waals surface area contributed by atoms with E-state index in [9.17, 15) is 14.7 Å². The maximum absolute atomic E-state index is 12.0. The highest BCUT2D eigenvalue weighted by atomic mass is 32.2. The van der Waals surface area contributed by atoms with Gasteiger partial charge < -0.3 is 15.2 Å². The first-order valence-corrected chi connectivity index (χ1v) is 7.08. The van der Waals surface area contributed by atoms with Crippen molar-refractivity contribution >= 4 is 29.3 Å². The molecule has 0 fully saturated rings. The van der Waals surface area contributed by atoms with Crippen LogP contribution in [0.5, 0.6) is 0 Å². The number of carbonyl (C=O) groups is 2. The summed E-state index contributed by atoms with van der Waals surface area (Å²) in [7, 11) is 0. The van der Waals surface area contributed by atoms with Crippen LogP contribution >= 0.6 is 11.8 Å². The molecule has 0 aromatic heterocycles. The van der Waals surface area contributed by atoms with Crippen molar-refractivity contribution < 1.29 is 14.7 Å². The minimum atomic E-state index is -1.09. The zero-order valence-electron chi connectivity index (χ0n) is 11.4. The van der Waals surface area contributed by atoms with Crippen molar-refractivity contribution in [1.82, 2.24) is 0 Å². The Labute approximate surface area is 117 Å². The zero-order chi connectivity index (χ0) is 14.5. The molecule has 19 heavy (non-hydrogen) atoms. The van der Waals surface area contributed by atoms with E-state index < -0.39 is 11.4 Å². The molecule has 0 spiro atoms. The second-order valence-corrected chi connectivity index (χ2v) is 5.93. The lowest BCUT2D eigenvalue weighted by Crippen LogP contribution is -2.29. The summed E-state index contributed by atoms with van der Waals surface area (Å²) in [6, 6.07) is 7.09. The molecule has 0 bridgehead atoms. The van der Waals surface area contributed by atoms with E-state index in [1.54, 1.807) is 24.3 Å². The van der Waals surface area contributed by atoms with Crippen molar-refractivity contribution in [3.8, 4) is 0 Å². The van der Waals surface area contributed by atoms with Gasteiger partial charge in [-0.25, -0.2) is 0 Å². The van der Waals surface area contributed by atoms with E-state index in [0.717, 1.165) is 11.3 Å². The maximum Gasteiger partial charge on any atom is 0.230 e. The number of carbonyl (C=O) groups excluding carboxylic acids is 2. The predicted octanol–water partition coefficient (Wildman–Crippen LogP) is 1.90. The molecule has 1 rings (SSSR count). The molecule has 0 aliphatic rings. The summed E-state index contributed by atoms with van der Waals surface area (Å²) in [5.74, 6) is -1.19. The molecular weight excluding hydrogens is 262 g/mol. The standard InChI is InChI=1S/C14H19NO3S/c1-4-14(2,3)13(18)15-10-5-7-11(8-6-10)19-9-12(16)17/h5-8H,4,9H2,1-3H3,(H,15,18)(H,16,17)/p-1. The van der Waals surface area contributed by atoms with Crippen LogP contribution < -0.4 is 10.4 Å². The molecule has 0 saturated carbocycles. The van der Waals surface area contributed by atoms with Crippen molar-refractivity contribution in [2.45, 2.75) is 32.1 Å². The van der Waals surface area contributed by atoms with E-state index in [-0.39, 0.29) is 11.7 Å². The Morgan fingerprint density at radius 3 is 2.32 bits per heavy atom. The van der Waals surface area contributed by atoms with Crippen LogP contribution in [0.3, 0.4) is 0 Å². The molecule has 0 aliphatic heterocycles. The third-order valence-electron chi connectivity index (χ3n) is 2.97. The van der Waals surface area contributed by atoms with Crippen molar-refractivity contribution in [3.63, 3.8) is 0 Å². The molecule has 104 valence electrons. The van der Waals surface area contributed by atoms with Crippen molar-refractivity contribution in [3.05, 3.63) is 24.3 Å². The molecule has 0 radical (unpaired) electrons. The van der Waals surface area contributed by atoms with Gasteiger partial charge in [-0.05, 0) is 30.7 Å². The van der Waals surface area contributed by atoms with Gasteiger partial charge in [-0.3, -0.25) is 4.79 Å². The highest BCUT2D eigenvalue weighted by Gasteiger charge is 2.25. The average Bonchev–Trinajstić information content (AvgIpc) is 2.37. The lowest BCUT2D eigenvalue weighted by molar-refractivity contribution is -0.301. The van der Waals surface area contributed by atoms with Crippen LogP contribution in [0.1, 0.15) is 27.2 Å². The van der Waals surface area contributed by atoms with Crippen LogP contribution in [0.15, 0.2) is 29.2 Å². The largest absolute Gasteiger partial charge is 0.549 e. The minimum absolute atomic E-state index is 0.0230. The Kier molecular flexibility index (Phi) is 5.42. The third-order valence-corrected chi connectivity index (χ3v) is 3.95. The van der Waals surface area contributed by atoms with Gasteiger partial charge >= 0.3 is 0 Å². The highest BCUT2D eigenvalue weighted by molar-refractivity contribution is 8.00. The van der Waals surface area contributed by atoms with Gasteiger partial charge in [0.1, 0.15) is 0 Å². The quantitative estimate of drug-likeness (QED) is 0.808. The van der Waals surface area contributed by atoms with Crippen LogP contribution in [0, 0.1) is 5.41 Å². The first kappa shape index (κ1) is 15.6. The molecule has 0 aliphatic carbocycles. The molecule has 1 N–H and O–H groups in total. The Hall–Kier alpha value is -1.49. The smallest absolute Gasteiger partial charge is 0.230 e. The van der Waals surface area contributed by atoms with Crippen molar-refractivity contribution in [1.29, 1.82) is 0 Å². The zero-order valence-corrected chi connectivity index (χ0v) is 12.2. The fraction of sp³-hybridized carbons (Fsp3) is 0.429. The summed E-state index contributed by atoms with van der Waals surface area (Å²) in [5.41, 5.74) is 0.312. The van der Waals surface area contributed by atoms with Gasteiger partial charge in [0, 0.05) is 21.8 Å². The molecule has 0 saturated heterocycles. The normalized spacial score (nSPS) is 11.1. The maximum atomic E-state index is 12.0. The van der Waals surface area contributed by atoms with Crippen LogP contribution in [0.2, 0.25) is 0 Å². The molecule has 1 aromatic carbocycles. The molecule has 4 nitrogen and oxygen atoms in total. The SMILES string of the molecule is CCC(C)(C)C(=O)Nc1ccc(SCC(=O)[O-])cc1. The van der Waals surface area contributed by atoms with Gasteiger partial charge in [0.2, 0.25) is 5.91 Å². The van der Waals surface area contributed by atoms with Gasteiger partial charge in [0.15, 0.2) is 0 Å². The number of rotatable bonds is 6. The van der Waals surface area contributed by atoms with Crippen LogP contribution in [-0.4, -0.2) is 17.6 Å². The Bertz CT molecular complexity index is 454. The van der Waals surface area contributed by atoms with Crippen LogP contribution in [-0.2, 0) is 9.59 Å². The number of nitrogens with one attached hydrogen (secondary N) is 1. The van der Waals surface area contributed by atoms with E-state index in [0.29, 0.717) is 5.69 Å². The lowest BCUT2D eigenvalue weighted by atomic mass is 9.89. The summed E-state index contributed by atoms with van der Waals surface area (Å²) in [6.45, 7) is 5.76. The van der Waals surface area contributed by atoms with Gasteiger partial charge in [-0.1, -0.05) is 20.8 Å². The number of carboxylic acids is 1. The van der Waals surface area contributed by atoms with Gasteiger partial charge in [0.05, 0.1) is 5.97 Å². The summed E-state index contributed by atoms with van der Waals surface area (Å²) >= 11 is 1.19. The number of carboxylic acid groups (broad SMARTS) is 1. The van der Waals surface area contributed by atoms with E-state index in [1.807, 2.05) is 20.8 Å².